The third-order valence-corrected chi connectivity index (χ3v) is 2.79. The number of nitrogens with zero attached hydrogens (tertiary/aromatic N) is 1. The summed E-state index contributed by atoms with van der Waals surface area (Å²) in [5.74, 6) is 1.64. The van der Waals surface area contributed by atoms with Crippen LogP contribution in [0.5, 0.6) is 11.5 Å². The highest BCUT2D eigenvalue weighted by molar-refractivity contribution is 5.46. The number of ether oxygens (including phenoxy) is 2. The van der Waals surface area contributed by atoms with E-state index in [-0.39, 0.29) is 0 Å². The monoisotopic (exact) mass is 236 g/mol. The molecule has 0 unspecified atom stereocenters. The van der Waals surface area contributed by atoms with Gasteiger partial charge in [0.05, 0.1) is 14.2 Å². The van der Waals surface area contributed by atoms with Crippen molar-refractivity contribution in [3.63, 3.8) is 0 Å². The Bertz CT molecular complexity index is 339. The zero-order chi connectivity index (χ0) is 12.7. The van der Waals surface area contributed by atoms with Crippen LogP contribution in [-0.4, -0.2) is 39.3 Å². The number of likely N-dealkylation sites (N-methyl/N-ethyl adjacent to an activating group) is 1. The van der Waals surface area contributed by atoms with E-state index in [1.165, 1.54) is 5.56 Å². The number of hydrogen-bond donors (Lipinski definition) is 0. The molecule has 0 fully saturated rings. The van der Waals surface area contributed by atoms with Crippen LogP contribution >= 0.6 is 0 Å². The molecule has 3 heteroatoms. The van der Waals surface area contributed by atoms with Crippen molar-refractivity contribution in [1.29, 1.82) is 0 Å². The van der Waals surface area contributed by atoms with Crippen LogP contribution < -0.4 is 9.47 Å². The Hall–Kier alpha value is -1.22. The van der Waals surface area contributed by atoms with E-state index >= 15 is 0 Å². The molecule has 0 heterocycles. The third kappa shape index (κ3) is 3.93. The van der Waals surface area contributed by atoms with Gasteiger partial charge in [-0.1, -0.05) is 19.1 Å². The van der Waals surface area contributed by atoms with Gasteiger partial charge in [0.25, 0.3) is 0 Å². The van der Waals surface area contributed by atoms with E-state index in [1.54, 1.807) is 14.2 Å². The Balaban J connectivity index is 2.70. The van der Waals surface area contributed by atoms with Gasteiger partial charge in [-0.25, -0.2) is 0 Å². The average molecular weight is 236 g/mol. The van der Waals surface area contributed by atoms with Gasteiger partial charge >= 0.3 is 0 Å². The number of benzene rings is 1. The molecule has 1 rings (SSSR count). The lowest BCUT2D eigenvalue weighted by Gasteiger charge is -2.17. The molecule has 0 bridgehead atoms. The second-order valence-electron chi connectivity index (χ2n) is 4.06. The molecular formula is C14H22NO2. The molecule has 0 spiro atoms. The zero-order valence-electron chi connectivity index (χ0n) is 11.0. The molecule has 3 nitrogen and oxygen atoms in total. The highest BCUT2D eigenvalue weighted by atomic mass is 16.5. The molecule has 0 aliphatic heterocycles. The molecule has 0 aliphatic rings. The molecule has 0 N–H and O–H groups in total. The Kier molecular flexibility index (Phi) is 5.84. The largest absolute Gasteiger partial charge is 0.493 e. The molecule has 1 radical (unpaired) electrons. The molecule has 1 aromatic rings. The van der Waals surface area contributed by atoms with Crippen LogP contribution in [0.15, 0.2) is 18.2 Å². The van der Waals surface area contributed by atoms with E-state index in [2.05, 4.69) is 24.9 Å². The summed E-state index contributed by atoms with van der Waals surface area (Å²) in [6, 6.07) is 6.00. The van der Waals surface area contributed by atoms with Crippen molar-refractivity contribution in [2.24, 2.45) is 0 Å². The van der Waals surface area contributed by atoms with Crippen molar-refractivity contribution in [1.82, 2.24) is 4.90 Å². The van der Waals surface area contributed by atoms with E-state index in [0.29, 0.717) is 0 Å². The third-order valence-electron chi connectivity index (χ3n) is 2.79. The SMILES string of the molecule is [CH2]CCN(C)CCc1cccc(OC)c1OC. The van der Waals surface area contributed by atoms with Crippen molar-refractivity contribution in [2.75, 3.05) is 34.4 Å². The van der Waals surface area contributed by atoms with Gasteiger partial charge in [-0.05, 0) is 38.1 Å². The predicted octanol–water partition coefficient (Wildman–Crippen LogP) is 2.40. The minimum Gasteiger partial charge on any atom is -0.493 e. The van der Waals surface area contributed by atoms with Gasteiger partial charge in [-0.2, -0.15) is 0 Å². The fraction of sp³-hybridized carbons (Fsp3) is 0.500. The number of hydrogen-bond acceptors (Lipinski definition) is 3. The lowest BCUT2D eigenvalue weighted by molar-refractivity contribution is 0.333. The smallest absolute Gasteiger partial charge is 0.163 e. The molecule has 0 aromatic heterocycles. The fourth-order valence-electron chi connectivity index (χ4n) is 1.84. The van der Waals surface area contributed by atoms with Gasteiger partial charge < -0.3 is 14.4 Å². The maximum atomic E-state index is 5.40. The van der Waals surface area contributed by atoms with Crippen molar-refractivity contribution in [3.05, 3.63) is 30.7 Å². The van der Waals surface area contributed by atoms with Crippen molar-refractivity contribution < 1.29 is 9.47 Å². The minimum absolute atomic E-state index is 0.796. The quantitative estimate of drug-likeness (QED) is 0.725. The van der Waals surface area contributed by atoms with Crippen molar-refractivity contribution in [3.8, 4) is 11.5 Å². The summed E-state index contributed by atoms with van der Waals surface area (Å²) < 4.78 is 10.7. The molecule has 1 aromatic carbocycles. The first-order valence-corrected chi connectivity index (χ1v) is 5.90. The van der Waals surface area contributed by atoms with Gasteiger partial charge in [0.15, 0.2) is 11.5 Å². The summed E-state index contributed by atoms with van der Waals surface area (Å²) in [6.07, 6.45) is 1.89. The summed E-state index contributed by atoms with van der Waals surface area (Å²) in [7, 11) is 5.45. The first kappa shape index (κ1) is 13.8. The molecule has 95 valence electrons. The first-order valence-electron chi connectivity index (χ1n) is 5.90. The van der Waals surface area contributed by atoms with Crippen LogP contribution in [0.1, 0.15) is 12.0 Å². The number of methoxy groups -OCH3 is 2. The lowest BCUT2D eigenvalue weighted by Crippen LogP contribution is -2.22. The molecule has 0 amide bonds. The summed E-state index contributed by atoms with van der Waals surface area (Å²) in [5, 5.41) is 0. The van der Waals surface area contributed by atoms with E-state index in [1.807, 2.05) is 12.1 Å². The zero-order valence-corrected chi connectivity index (χ0v) is 11.0. The summed E-state index contributed by atoms with van der Waals surface area (Å²) in [5.41, 5.74) is 1.18. The fourth-order valence-corrected chi connectivity index (χ4v) is 1.84. The Labute approximate surface area is 104 Å². The van der Waals surface area contributed by atoms with Crippen molar-refractivity contribution >= 4 is 0 Å². The van der Waals surface area contributed by atoms with Gasteiger partial charge in [0.2, 0.25) is 0 Å². The maximum Gasteiger partial charge on any atom is 0.163 e. The van der Waals surface area contributed by atoms with E-state index in [4.69, 9.17) is 9.47 Å². The van der Waals surface area contributed by atoms with Gasteiger partial charge in [0, 0.05) is 6.54 Å². The molecule has 0 saturated carbocycles. The van der Waals surface area contributed by atoms with Crippen LogP contribution in [-0.2, 0) is 6.42 Å². The lowest BCUT2D eigenvalue weighted by atomic mass is 10.1. The predicted molar refractivity (Wildman–Crippen MR) is 70.7 cm³/mol. The standard InChI is InChI=1S/C14H22NO2/c1-5-10-15(2)11-9-12-7-6-8-13(16-3)14(12)17-4/h6-8H,1,5,9-11H2,2-4H3. The Morgan fingerprint density at radius 1 is 1.18 bits per heavy atom. The van der Waals surface area contributed by atoms with Crippen LogP contribution in [0, 0.1) is 6.92 Å². The van der Waals surface area contributed by atoms with Crippen LogP contribution in [0.2, 0.25) is 0 Å². The van der Waals surface area contributed by atoms with Gasteiger partial charge in [-0.15, -0.1) is 0 Å². The second kappa shape index (κ2) is 7.17. The summed E-state index contributed by atoms with van der Waals surface area (Å²) >= 11 is 0. The number of rotatable bonds is 7. The first-order chi connectivity index (χ1) is 8.22. The Morgan fingerprint density at radius 3 is 2.53 bits per heavy atom. The topological polar surface area (TPSA) is 21.7 Å². The minimum atomic E-state index is 0.796. The second-order valence-corrected chi connectivity index (χ2v) is 4.06. The highest BCUT2D eigenvalue weighted by Gasteiger charge is 2.09. The molecule has 17 heavy (non-hydrogen) atoms. The van der Waals surface area contributed by atoms with Gasteiger partial charge in [-0.3, -0.25) is 0 Å². The molecular weight excluding hydrogens is 214 g/mol. The van der Waals surface area contributed by atoms with Crippen LogP contribution in [0.25, 0.3) is 0 Å². The highest BCUT2D eigenvalue weighted by Crippen LogP contribution is 2.30. The van der Waals surface area contributed by atoms with Gasteiger partial charge in [0.1, 0.15) is 0 Å². The number of para-hydroxylation sites is 1. The van der Waals surface area contributed by atoms with Crippen LogP contribution in [0.4, 0.5) is 0 Å². The normalized spacial score (nSPS) is 10.6. The summed E-state index contributed by atoms with van der Waals surface area (Å²) in [4.78, 5) is 2.27. The molecule has 0 aliphatic carbocycles. The van der Waals surface area contributed by atoms with Crippen molar-refractivity contribution in [2.45, 2.75) is 12.8 Å². The maximum absolute atomic E-state index is 5.40. The van der Waals surface area contributed by atoms with E-state index < -0.39 is 0 Å². The summed E-state index contributed by atoms with van der Waals surface area (Å²) in [6.45, 7) is 5.87. The van der Waals surface area contributed by atoms with E-state index in [0.717, 1.165) is 37.4 Å². The van der Waals surface area contributed by atoms with E-state index in [9.17, 15) is 0 Å². The average Bonchev–Trinajstić information content (AvgIpc) is 2.36. The molecule has 0 atom stereocenters. The Morgan fingerprint density at radius 2 is 1.94 bits per heavy atom. The van der Waals surface area contributed by atoms with Crippen LogP contribution in [0.3, 0.4) is 0 Å². The molecule has 0 saturated heterocycles.